The van der Waals surface area contributed by atoms with E-state index in [-0.39, 0.29) is 11.0 Å². The van der Waals surface area contributed by atoms with Crippen molar-refractivity contribution in [1.29, 1.82) is 0 Å². The molecule has 0 heterocycles. The van der Waals surface area contributed by atoms with Crippen molar-refractivity contribution in [3.05, 3.63) is 0 Å². The van der Waals surface area contributed by atoms with Crippen LogP contribution in [-0.2, 0) is 4.74 Å². The third kappa shape index (κ3) is 1.95. The Hall–Kier alpha value is 0.270. The predicted molar refractivity (Wildman–Crippen MR) is 64.0 cm³/mol. The summed E-state index contributed by atoms with van der Waals surface area (Å²) in [6, 6.07) is 0.611. The molecule has 1 saturated carbocycles. The molecule has 1 aliphatic rings. The number of nitrogens with one attached hydrogen (secondary N) is 1. The van der Waals surface area contributed by atoms with Gasteiger partial charge in [0.15, 0.2) is 0 Å². The Morgan fingerprint density at radius 3 is 2.50 bits per heavy atom. The second-order valence-electron chi connectivity index (χ2n) is 4.86. The highest BCUT2D eigenvalue weighted by molar-refractivity contribution is 7.98. The third-order valence-corrected chi connectivity index (χ3v) is 4.59. The van der Waals surface area contributed by atoms with Crippen LogP contribution in [0.15, 0.2) is 0 Å². The number of hydrogen-bond donors (Lipinski definition) is 1. The van der Waals surface area contributed by atoms with Crippen LogP contribution in [0.5, 0.6) is 0 Å². The van der Waals surface area contributed by atoms with Gasteiger partial charge in [0.1, 0.15) is 0 Å². The molecule has 1 aliphatic carbocycles. The van der Waals surface area contributed by atoms with Crippen molar-refractivity contribution >= 4 is 11.8 Å². The molecule has 1 rings (SSSR count). The van der Waals surface area contributed by atoms with Gasteiger partial charge in [-0.15, -0.1) is 0 Å². The first-order valence-corrected chi connectivity index (χ1v) is 6.65. The van der Waals surface area contributed by atoms with Crippen molar-refractivity contribution in [2.45, 2.75) is 38.8 Å². The largest absolute Gasteiger partial charge is 0.378 e. The lowest BCUT2D eigenvalue weighted by Gasteiger charge is -2.59. The molecule has 0 aliphatic heterocycles. The van der Waals surface area contributed by atoms with Gasteiger partial charge >= 0.3 is 0 Å². The molecule has 1 fully saturated rings. The Kier molecular flexibility index (Phi) is 3.89. The average Bonchev–Trinajstić information content (AvgIpc) is 2.16. The molecule has 2 nitrogen and oxygen atoms in total. The van der Waals surface area contributed by atoms with Gasteiger partial charge in [0.25, 0.3) is 0 Å². The molecule has 0 aromatic rings. The zero-order valence-corrected chi connectivity index (χ0v) is 10.8. The summed E-state index contributed by atoms with van der Waals surface area (Å²) in [5.41, 5.74) is 0.310. The molecule has 0 aromatic heterocycles. The highest BCUT2D eigenvalue weighted by atomic mass is 32.2. The lowest BCUT2D eigenvalue weighted by atomic mass is 9.56. The summed E-state index contributed by atoms with van der Waals surface area (Å²) in [5, 5.41) is 3.60. The lowest BCUT2D eigenvalue weighted by molar-refractivity contribution is -0.180. The number of thioether (sulfide) groups is 1. The van der Waals surface area contributed by atoms with E-state index in [1.807, 2.05) is 18.9 Å². The van der Waals surface area contributed by atoms with Crippen molar-refractivity contribution in [3.63, 3.8) is 0 Å². The summed E-state index contributed by atoms with van der Waals surface area (Å²) in [6.07, 6.45) is 3.28. The number of ether oxygens (including phenoxy) is 1. The fourth-order valence-electron chi connectivity index (χ4n) is 2.15. The highest BCUT2D eigenvalue weighted by Gasteiger charge is 2.57. The molecule has 84 valence electrons. The zero-order valence-electron chi connectivity index (χ0n) is 10.0. The minimum atomic E-state index is 0.0595. The molecule has 0 spiro atoms. The predicted octanol–water partition coefficient (Wildman–Crippen LogP) is 2.14. The Labute approximate surface area is 92.2 Å². The Balaban J connectivity index is 2.39. The molecular formula is C11H23NOS. The van der Waals surface area contributed by atoms with Crippen LogP contribution in [0.2, 0.25) is 0 Å². The lowest BCUT2D eigenvalue weighted by Crippen LogP contribution is -2.68. The van der Waals surface area contributed by atoms with Crippen LogP contribution in [0.1, 0.15) is 27.2 Å². The highest BCUT2D eigenvalue weighted by Crippen LogP contribution is 2.51. The molecule has 3 heteroatoms. The first kappa shape index (κ1) is 12.3. The van der Waals surface area contributed by atoms with E-state index in [4.69, 9.17) is 4.74 Å². The molecule has 14 heavy (non-hydrogen) atoms. The maximum atomic E-state index is 5.58. The molecule has 1 N–H and O–H groups in total. The van der Waals surface area contributed by atoms with Gasteiger partial charge in [-0.25, -0.2) is 0 Å². The molecule has 0 saturated heterocycles. The smallest absolute Gasteiger partial charge is 0.0731 e. The van der Waals surface area contributed by atoms with E-state index >= 15 is 0 Å². The van der Waals surface area contributed by atoms with Gasteiger partial charge in [-0.3, -0.25) is 0 Å². The molecule has 0 radical (unpaired) electrons. The topological polar surface area (TPSA) is 21.3 Å². The van der Waals surface area contributed by atoms with E-state index in [1.165, 1.54) is 5.75 Å². The van der Waals surface area contributed by atoms with E-state index in [0.717, 1.165) is 13.0 Å². The van der Waals surface area contributed by atoms with Crippen LogP contribution in [-0.4, -0.2) is 37.3 Å². The van der Waals surface area contributed by atoms with Crippen LogP contribution >= 0.6 is 11.8 Å². The fraction of sp³-hybridized carbons (Fsp3) is 1.00. The summed E-state index contributed by atoms with van der Waals surface area (Å²) in [4.78, 5) is 0. The summed E-state index contributed by atoms with van der Waals surface area (Å²) in [6.45, 7) is 7.89. The maximum absolute atomic E-state index is 5.58. The van der Waals surface area contributed by atoms with Crippen LogP contribution in [0.4, 0.5) is 0 Å². The van der Waals surface area contributed by atoms with Gasteiger partial charge in [-0.2, -0.15) is 11.8 Å². The van der Waals surface area contributed by atoms with E-state index in [9.17, 15) is 0 Å². The first-order chi connectivity index (χ1) is 6.48. The van der Waals surface area contributed by atoms with Gasteiger partial charge in [-0.1, -0.05) is 13.8 Å². The molecule has 0 bridgehead atoms. The van der Waals surface area contributed by atoms with Gasteiger partial charge in [0.05, 0.1) is 5.60 Å². The van der Waals surface area contributed by atoms with E-state index in [0.29, 0.717) is 6.04 Å². The first-order valence-electron chi connectivity index (χ1n) is 5.25. The normalized spacial score (nSPS) is 35.4. The molecule has 0 amide bonds. The second kappa shape index (κ2) is 4.42. The quantitative estimate of drug-likeness (QED) is 0.713. The van der Waals surface area contributed by atoms with Crippen molar-refractivity contribution < 1.29 is 4.74 Å². The third-order valence-electron chi connectivity index (χ3n) is 3.98. The maximum Gasteiger partial charge on any atom is 0.0731 e. The molecule has 0 aromatic carbocycles. The molecule has 2 atom stereocenters. The molecular weight excluding hydrogens is 194 g/mol. The minimum Gasteiger partial charge on any atom is -0.378 e. The Morgan fingerprint density at radius 1 is 1.43 bits per heavy atom. The summed E-state index contributed by atoms with van der Waals surface area (Å²) >= 11 is 1.89. The van der Waals surface area contributed by atoms with Crippen molar-refractivity contribution in [1.82, 2.24) is 5.32 Å². The van der Waals surface area contributed by atoms with Crippen molar-refractivity contribution in [2.75, 3.05) is 25.7 Å². The Bertz CT molecular complexity index is 196. The van der Waals surface area contributed by atoms with Crippen LogP contribution in [0, 0.1) is 5.41 Å². The van der Waals surface area contributed by atoms with Gasteiger partial charge in [0, 0.05) is 30.9 Å². The van der Waals surface area contributed by atoms with E-state index in [2.05, 4.69) is 32.3 Å². The second-order valence-corrected chi connectivity index (χ2v) is 5.85. The van der Waals surface area contributed by atoms with Gasteiger partial charge < -0.3 is 10.1 Å². The van der Waals surface area contributed by atoms with Crippen LogP contribution in [0.25, 0.3) is 0 Å². The van der Waals surface area contributed by atoms with Gasteiger partial charge in [0.2, 0.25) is 0 Å². The minimum absolute atomic E-state index is 0.0595. The summed E-state index contributed by atoms with van der Waals surface area (Å²) < 4.78 is 5.58. The molecule has 2 unspecified atom stereocenters. The Morgan fingerprint density at radius 2 is 2.07 bits per heavy atom. The van der Waals surface area contributed by atoms with Crippen molar-refractivity contribution in [3.8, 4) is 0 Å². The van der Waals surface area contributed by atoms with Gasteiger partial charge in [-0.05, 0) is 19.6 Å². The zero-order chi connectivity index (χ0) is 10.8. The van der Waals surface area contributed by atoms with Crippen LogP contribution in [0.3, 0.4) is 0 Å². The number of methoxy groups -OCH3 is 1. The number of rotatable bonds is 5. The summed E-state index contributed by atoms with van der Waals surface area (Å²) in [7, 11) is 1.82. The standard InChI is InChI=1S/C11H23NOS/c1-10(2)9(12-6-7-14-5)8-11(10,3)13-4/h9,12H,6-8H2,1-5H3. The SMILES string of the molecule is COC1(C)CC(NCCSC)C1(C)C. The van der Waals surface area contributed by atoms with E-state index in [1.54, 1.807) is 0 Å². The van der Waals surface area contributed by atoms with E-state index < -0.39 is 0 Å². The summed E-state index contributed by atoms with van der Waals surface area (Å²) in [5.74, 6) is 1.19. The monoisotopic (exact) mass is 217 g/mol. The average molecular weight is 217 g/mol. The van der Waals surface area contributed by atoms with Crippen molar-refractivity contribution in [2.24, 2.45) is 5.41 Å². The number of hydrogen-bond acceptors (Lipinski definition) is 3. The van der Waals surface area contributed by atoms with Crippen LogP contribution < -0.4 is 5.32 Å². The fourth-order valence-corrected chi connectivity index (χ4v) is 2.48.